The zero-order valence-electron chi connectivity index (χ0n) is 11.7. The van der Waals surface area contributed by atoms with Crippen molar-refractivity contribution in [3.8, 4) is 5.75 Å². The molecule has 0 radical (unpaired) electrons. The van der Waals surface area contributed by atoms with Gasteiger partial charge in [0, 0.05) is 19.1 Å². The van der Waals surface area contributed by atoms with E-state index in [4.69, 9.17) is 16.3 Å². The fourth-order valence-corrected chi connectivity index (χ4v) is 3.08. The minimum atomic E-state index is -3.75. The van der Waals surface area contributed by atoms with Crippen LogP contribution in [0.2, 0.25) is 0 Å². The molecule has 2 aromatic rings. The van der Waals surface area contributed by atoms with Gasteiger partial charge in [0.2, 0.25) is 0 Å². The molecule has 2 rings (SSSR count). The number of hydrogen-bond donors (Lipinski definition) is 0. The summed E-state index contributed by atoms with van der Waals surface area (Å²) in [5.74, 6) is 0.760. The predicted molar refractivity (Wildman–Crippen MR) is 82.4 cm³/mol. The lowest BCUT2D eigenvalue weighted by Crippen LogP contribution is -2.27. The van der Waals surface area contributed by atoms with Gasteiger partial charge in [-0.15, -0.1) is 11.6 Å². The van der Waals surface area contributed by atoms with E-state index < -0.39 is 10.0 Å². The Balaban J connectivity index is 2.42. The first-order valence-corrected chi connectivity index (χ1v) is 8.11. The third-order valence-corrected chi connectivity index (χ3v) is 5.00. The number of hydrogen-bond acceptors (Lipinski definition) is 4. The van der Waals surface area contributed by atoms with Gasteiger partial charge < -0.3 is 4.74 Å². The normalized spacial score (nSPS) is 11.2. The van der Waals surface area contributed by atoms with Crippen LogP contribution in [0.15, 0.2) is 47.6 Å². The van der Waals surface area contributed by atoms with Crippen molar-refractivity contribution in [1.82, 2.24) is 4.98 Å². The molecular weight excluding hydrogens is 312 g/mol. The monoisotopic (exact) mass is 326 g/mol. The van der Waals surface area contributed by atoms with Crippen molar-refractivity contribution >= 4 is 27.3 Å². The standard InChI is InChI=1S/C14H15ClN2O3S/c1-17(12-5-3-4-6-13(12)20-2)21(18,19)14-8-7-11(9-15)10-16-14/h3-8,10H,9H2,1-2H3. The first-order chi connectivity index (χ1) is 10.0. The number of pyridine rings is 1. The van der Waals surface area contributed by atoms with Crippen molar-refractivity contribution in [3.63, 3.8) is 0 Å². The number of anilines is 1. The molecule has 0 saturated carbocycles. The van der Waals surface area contributed by atoms with Gasteiger partial charge in [-0.25, -0.2) is 4.98 Å². The first-order valence-electron chi connectivity index (χ1n) is 6.13. The van der Waals surface area contributed by atoms with Crippen molar-refractivity contribution in [3.05, 3.63) is 48.2 Å². The van der Waals surface area contributed by atoms with Gasteiger partial charge in [-0.1, -0.05) is 18.2 Å². The van der Waals surface area contributed by atoms with Gasteiger partial charge in [-0.2, -0.15) is 8.42 Å². The maximum Gasteiger partial charge on any atom is 0.281 e. The van der Waals surface area contributed by atoms with E-state index in [1.807, 2.05) is 0 Å². The fourth-order valence-electron chi connectivity index (χ4n) is 1.80. The second-order valence-corrected chi connectivity index (χ2v) is 6.47. The molecule has 0 fully saturated rings. The molecule has 7 heteroatoms. The van der Waals surface area contributed by atoms with Crippen molar-refractivity contribution in [1.29, 1.82) is 0 Å². The second-order valence-electron chi connectivity index (χ2n) is 4.28. The second kappa shape index (κ2) is 6.32. The summed E-state index contributed by atoms with van der Waals surface area (Å²) < 4.78 is 31.5. The Morgan fingerprint density at radius 1 is 1.24 bits per heavy atom. The van der Waals surface area contributed by atoms with Crippen LogP contribution < -0.4 is 9.04 Å². The highest BCUT2D eigenvalue weighted by atomic mass is 35.5. The minimum Gasteiger partial charge on any atom is -0.495 e. The molecule has 0 saturated heterocycles. The van der Waals surface area contributed by atoms with Crippen LogP contribution >= 0.6 is 11.6 Å². The Labute approximate surface area is 129 Å². The SMILES string of the molecule is COc1ccccc1N(C)S(=O)(=O)c1ccc(CCl)cn1. The predicted octanol–water partition coefficient (Wildman–Crippen LogP) is 2.65. The third-order valence-electron chi connectivity index (χ3n) is 3.00. The van der Waals surface area contributed by atoms with E-state index in [0.29, 0.717) is 11.4 Å². The van der Waals surface area contributed by atoms with E-state index >= 15 is 0 Å². The van der Waals surface area contributed by atoms with Crippen LogP contribution in [0.3, 0.4) is 0 Å². The zero-order valence-corrected chi connectivity index (χ0v) is 13.2. The number of para-hydroxylation sites is 2. The Morgan fingerprint density at radius 2 is 1.95 bits per heavy atom. The molecule has 112 valence electrons. The summed E-state index contributed by atoms with van der Waals surface area (Å²) >= 11 is 5.68. The summed E-state index contributed by atoms with van der Waals surface area (Å²) in [4.78, 5) is 3.97. The first kappa shape index (κ1) is 15.6. The van der Waals surface area contributed by atoms with Gasteiger partial charge in [0.25, 0.3) is 10.0 Å². The number of benzene rings is 1. The molecule has 1 aromatic carbocycles. The molecule has 1 aromatic heterocycles. The number of aromatic nitrogens is 1. The van der Waals surface area contributed by atoms with Gasteiger partial charge in [0.15, 0.2) is 5.03 Å². The van der Waals surface area contributed by atoms with Crippen LogP contribution in [0.5, 0.6) is 5.75 Å². The minimum absolute atomic E-state index is 0.0372. The molecule has 0 aliphatic heterocycles. The smallest absolute Gasteiger partial charge is 0.281 e. The van der Waals surface area contributed by atoms with Crippen LogP contribution in [0.25, 0.3) is 0 Å². The third kappa shape index (κ3) is 3.11. The number of methoxy groups -OCH3 is 1. The number of nitrogens with zero attached hydrogens (tertiary/aromatic N) is 2. The lowest BCUT2D eigenvalue weighted by molar-refractivity contribution is 0.416. The quantitative estimate of drug-likeness (QED) is 0.793. The highest BCUT2D eigenvalue weighted by Crippen LogP contribution is 2.30. The van der Waals surface area contributed by atoms with Crippen molar-refractivity contribution in [2.45, 2.75) is 10.9 Å². The average molecular weight is 327 g/mol. The Bertz CT molecular complexity index is 717. The summed E-state index contributed by atoms with van der Waals surface area (Å²) in [7, 11) is -0.795. The Hall–Kier alpha value is -1.79. The molecule has 0 amide bonds. The van der Waals surface area contributed by atoms with E-state index in [2.05, 4.69) is 4.98 Å². The molecule has 5 nitrogen and oxygen atoms in total. The van der Waals surface area contributed by atoms with Crippen LogP contribution in [-0.4, -0.2) is 27.6 Å². The molecule has 0 bridgehead atoms. The van der Waals surface area contributed by atoms with Crippen molar-refractivity contribution in [2.24, 2.45) is 0 Å². The number of rotatable bonds is 5. The zero-order chi connectivity index (χ0) is 15.5. The van der Waals surface area contributed by atoms with E-state index in [1.54, 1.807) is 30.3 Å². The summed E-state index contributed by atoms with van der Waals surface area (Å²) in [6, 6.07) is 9.97. The van der Waals surface area contributed by atoms with Crippen LogP contribution in [0.1, 0.15) is 5.56 Å². The molecule has 0 spiro atoms. The highest BCUT2D eigenvalue weighted by molar-refractivity contribution is 7.92. The van der Waals surface area contributed by atoms with Crippen molar-refractivity contribution < 1.29 is 13.2 Å². The van der Waals surface area contributed by atoms with E-state index in [9.17, 15) is 8.42 Å². The number of ether oxygens (including phenoxy) is 1. The maximum atomic E-state index is 12.6. The Kier molecular flexibility index (Phi) is 4.69. The van der Waals surface area contributed by atoms with Gasteiger partial charge >= 0.3 is 0 Å². The largest absolute Gasteiger partial charge is 0.495 e. The number of alkyl halides is 1. The summed E-state index contributed by atoms with van der Waals surface area (Å²) in [6.07, 6.45) is 1.45. The van der Waals surface area contributed by atoms with Gasteiger partial charge in [0.1, 0.15) is 5.75 Å². The molecule has 0 atom stereocenters. The topological polar surface area (TPSA) is 59.5 Å². The number of sulfonamides is 1. The van der Waals surface area contributed by atoms with E-state index in [1.165, 1.54) is 26.4 Å². The molecular formula is C14H15ClN2O3S. The van der Waals surface area contributed by atoms with Crippen LogP contribution in [0.4, 0.5) is 5.69 Å². The molecule has 21 heavy (non-hydrogen) atoms. The maximum absolute atomic E-state index is 12.6. The summed E-state index contributed by atoms with van der Waals surface area (Å²) in [5, 5.41) is -0.0372. The van der Waals surface area contributed by atoms with Gasteiger partial charge in [-0.05, 0) is 23.8 Å². The number of halogens is 1. The summed E-state index contributed by atoms with van der Waals surface area (Å²) in [5.41, 5.74) is 1.21. The molecule has 0 aliphatic rings. The van der Waals surface area contributed by atoms with Crippen LogP contribution in [-0.2, 0) is 15.9 Å². The molecule has 1 heterocycles. The lowest BCUT2D eigenvalue weighted by atomic mass is 10.3. The van der Waals surface area contributed by atoms with Crippen LogP contribution in [0, 0.1) is 0 Å². The molecule has 0 unspecified atom stereocenters. The highest BCUT2D eigenvalue weighted by Gasteiger charge is 2.24. The average Bonchev–Trinajstić information content (AvgIpc) is 2.54. The molecule has 0 N–H and O–H groups in total. The lowest BCUT2D eigenvalue weighted by Gasteiger charge is -2.21. The fraction of sp³-hybridized carbons (Fsp3) is 0.214. The van der Waals surface area contributed by atoms with Gasteiger partial charge in [-0.3, -0.25) is 4.31 Å². The van der Waals surface area contributed by atoms with Crippen molar-refractivity contribution in [2.75, 3.05) is 18.5 Å². The van der Waals surface area contributed by atoms with E-state index in [-0.39, 0.29) is 10.9 Å². The Morgan fingerprint density at radius 3 is 2.52 bits per heavy atom. The van der Waals surface area contributed by atoms with E-state index in [0.717, 1.165) is 9.87 Å². The summed E-state index contributed by atoms with van der Waals surface area (Å²) in [6.45, 7) is 0. The molecule has 0 aliphatic carbocycles. The van der Waals surface area contributed by atoms with Gasteiger partial charge in [0.05, 0.1) is 12.8 Å².